The summed E-state index contributed by atoms with van der Waals surface area (Å²) >= 11 is 0. The van der Waals surface area contributed by atoms with Gasteiger partial charge in [0.05, 0.1) is 11.7 Å². The molecule has 0 saturated heterocycles. The van der Waals surface area contributed by atoms with E-state index < -0.39 is 0 Å². The van der Waals surface area contributed by atoms with Gasteiger partial charge in [-0.2, -0.15) is 5.10 Å². The van der Waals surface area contributed by atoms with Gasteiger partial charge in [0.1, 0.15) is 5.69 Å². The molecule has 4 rings (SSSR count). The van der Waals surface area contributed by atoms with Crippen LogP contribution < -0.4 is 5.32 Å². The average Bonchev–Trinajstić information content (AvgIpc) is 3.13. The van der Waals surface area contributed by atoms with Gasteiger partial charge in [-0.05, 0) is 37.5 Å². The normalized spacial score (nSPS) is 21.3. The molecule has 1 unspecified atom stereocenters. The monoisotopic (exact) mass is 327 g/mol. The summed E-state index contributed by atoms with van der Waals surface area (Å²) < 4.78 is 4.00. The fourth-order valence-corrected chi connectivity index (χ4v) is 3.80. The minimum atomic E-state index is -0.00477. The quantitative estimate of drug-likeness (QED) is 0.913. The highest BCUT2D eigenvalue weighted by molar-refractivity contribution is 5.92. The number of fused-ring (bicyclic) bond motifs is 1. The van der Waals surface area contributed by atoms with Crippen molar-refractivity contribution < 1.29 is 4.79 Å². The summed E-state index contributed by atoms with van der Waals surface area (Å²) in [5.41, 5.74) is 2.00. The predicted molar refractivity (Wildman–Crippen MR) is 91.7 cm³/mol. The molecule has 0 spiro atoms. The van der Waals surface area contributed by atoms with Crippen molar-refractivity contribution in [2.24, 2.45) is 7.05 Å². The molecule has 0 radical (unpaired) electrons. The fraction of sp³-hybridized carbons (Fsp3) is 0.556. The van der Waals surface area contributed by atoms with Gasteiger partial charge in [-0.25, -0.2) is 0 Å². The number of carbonyl (C=O) groups is 1. The number of hydrogen-bond acceptors (Lipinski definition) is 3. The zero-order valence-electron chi connectivity index (χ0n) is 14.2. The summed E-state index contributed by atoms with van der Waals surface area (Å²) in [7, 11) is 1.89. The van der Waals surface area contributed by atoms with E-state index in [0.29, 0.717) is 18.3 Å². The second-order valence-electron chi connectivity index (χ2n) is 6.98. The van der Waals surface area contributed by atoms with Gasteiger partial charge < -0.3 is 9.88 Å². The first kappa shape index (κ1) is 15.4. The zero-order valence-corrected chi connectivity index (χ0v) is 14.2. The van der Waals surface area contributed by atoms with Crippen LogP contribution in [0.15, 0.2) is 30.6 Å². The van der Waals surface area contributed by atoms with Crippen LogP contribution in [0.4, 0.5) is 0 Å². The van der Waals surface area contributed by atoms with E-state index in [1.807, 2.05) is 36.1 Å². The second-order valence-corrected chi connectivity index (χ2v) is 6.98. The van der Waals surface area contributed by atoms with Crippen molar-refractivity contribution in [2.45, 2.75) is 44.3 Å². The number of aromatic nitrogens is 3. The lowest BCUT2D eigenvalue weighted by molar-refractivity contribution is 0.0722. The molecule has 1 saturated carbocycles. The molecule has 24 heavy (non-hydrogen) atoms. The molecule has 1 atom stereocenters. The van der Waals surface area contributed by atoms with E-state index in [4.69, 9.17) is 0 Å². The van der Waals surface area contributed by atoms with E-state index in [1.54, 1.807) is 0 Å². The highest BCUT2D eigenvalue weighted by atomic mass is 16.1. The van der Waals surface area contributed by atoms with E-state index in [2.05, 4.69) is 26.1 Å². The molecule has 3 heterocycles. The lowest BCUT2D eigenvalue weighted by Gasteiger charge is -2.42. The lowest BCUT2D eigenvalue weighted by atomic mass is 9.90. The molecule has 1 aliphatic heterocycles. The molecule has 2 aromatic rings. The molecule has 6 heteroatoms. The number of rotatable bonds is 5. The third-order valence-electron chi connectivity index (χ3n) is 5.44. The minimum Gasteiger partial charge on any atom is -0.351 e. The van der Waals surface area contributed by atoms with Crippen molar-refractivity contribution in [1.29, 1.82) is 0 Å². The van der Waals surface area contributed by atoms with Crippen LogP contribution in [0.25, 0.3) is 0 Å². The summed E-state index contributed by atoms with van der Waals surface area (Å²) in [6.07, 6.45) is 8.71. The number of carbonyl (C=O) groups excluding carboxylic acids is 1. The minimum absolute atomic E-state index is 0.00477. The van der Waals surface area contributed by atoms with Gasteiger partial charge >= 0.3 is 0 Å². The van der Waals surface area contributed by atoms with Gasteiger partial charge in [0.15, 0.2) is 0 Å². The summed E-state index contributed by atoms with van der Waals surface area (Å²) in [6.45, 7) is 2.72. The Labute approximate surface area is 142 Å². The first-order chi connectivity index (χ1) is 11.7. The van der Waals surface area contributed by atoms with Crippen molar-refractivity contribution in [1.82, 2.24) is 24.6 Å². The van der Waals surface area contributed by atoms with E-state index in [0.717, 1.165) is 25.6 Å². The van der Waals surface area contributed by atoms with Crippen LogP contribution in [-0.4, -0.2) is 44.3 Å². The Bertz CT molecular complexity index is 715. The van der Waals surface area contributed by atoms with E-state index in [-0.39, 0.29) is 5.91 Å². The molecule has 1 N–H and O–H groups in total. The first-order valence-electron chi connectivity index (χ1n) is 8.88. The Morgan fingerprint density at radius 3 is 2.96 bits per heavy atom. The second kappa shape index (κ2) is 6.43. The van der Waals surface area contributed by atoms with Gasteiger partial charge in [-0.1, -0.05) is 6.42 Å². The number of aryl methyl sites for hydroxylation is 1. The van der Waals surface area contributed by atoms with E-state index in [1.165, 1.54) is 25.0 Å². The Balaban J connectivity index is 1.37. The van der Waals surface area contributed by atoms with Crippen LogP contribution in [0.3, 0.4) is 0 Å². The molecule has 0 aromatic carbocycles. The predicted octanol–water partition coefficient (Wildman–Crippen LogP) is 1.95. The van der Waals surface area contributed by atoms with E-state index in [9.17, 15) is 4.79 Å². The topological polar surface area (TPSA) is 55.1 Å². The highest BCUT2D eigenvalue weighted by Gasteiger charge is 2.32. The molecule has 1 fully saturated rings. The Hall–Kier alpha value is -2.08. The van der Waals surface area contributed by atoms with Crippen molar-refractivity contribution >= 4 is 5.91 Å². The third kappa shape index (κ3) is 2.86. The van der Waals surface area contributed by atoms with Gasteiger partial charge in [0.2, 0.25) is 0 Å². The SMILES string of the molecule is Cn1cccc1C(=O)NCCC1CN(C2CCC2)Cc2ccnn21. The average molecular weight is 327 g/mol. The van der Waals surface area contributed by atoms with Crippen molar-refractivity contribution in [3.05, 3.63) is 42.0 Å². The zero-order chi connectivity index (χ0) is 16.5. The highest BCUT2D eigenvalue weighted by Crippen LogP contribution is 2.31. The van der Waals surface area contributed by atoms with Crippen LogP contribution in [0.1, 0.15) is 47.9 Å². The molecule has 0 bridgehead atoms. The maximum Gasteiger partial charge on any atom is 0.267 e. The smallest absolute Gasteiger partial charge is 0.267 e. The first-order valence-corrected chi connectivity index (χ1v) is 8.88. The molecule has 2 aliphatic rings. The summed E-state index contributed by atoms with van der Waals surface area (Å²) in [6, 6.07) is 6.95. The van der Waals surface area contributed by atoms with Gasteiger partial charge in [0.25, 0.3) is 5.91 Å². The van der Waals surface area contributed by atoms with Crippen molar-refractivity contribution in [3.63, 3.8) is 0 Å². The van der Waals surface area contributed by atoms with Crippen molar-refractivity contribution in [3.8, 4) is 0 Å². The largest absolute Gasteiger partial charge is 0.351 e. The molecular weight excluding hydrogens is 302 g/mol. The molecular formula is C18H25N5O. The molecule has 1 amide bonds. The van der Waals surface area contributed by atoms with Crippen LogP contribution >= 0.6 is 0 Å². The maximum atomic E-state index is 12.2. The summed E-state index contributed by atoms with van der Waals surface area (Å²) in [5.74, 6) is -0.00477. The van der Waals surface area contributed by atoms with Gasteiger partial charge in [-0.15, -0.1) is 0 Å². The number of nitrogens with one attached hydrogen (secondary N) is 1. The van der Waals surface area contributed by atoms with Gasteiger partial charge in [0, 0.05) is 45.1 Å². The fourth-order valence-electron chi connectivity index (χ4n) is 3.80. The molecule has 1 aliphatic carbocycles. The van der Waals surface area contributed by atoms with E-state index >= 15 is 0 Å². The van der Waals surface area contributed by atoms with Crippen LogP contribution in [0.2, 0.25) is 0 Å². The number of amides is 1. The number of hydrogen-bond donors (Lipinski definition) is 1. The van der Waals surface area contributed by atoms with Crippen molar-refractivity contribution in [2.75, 3.05) is 13.1 Å². The summed E-state index contributed by atoms with van der Waals surface area (Å²) in [5, 5.41) is 7.56. The van der Waals surface area contributed by atoms with Crippen LogP contribution in [0, 0.1) is 0 Å². The van der Waals surface area contributed by atoms with Crippen LogP contribution in [0.5, 0.6) is 0 Å². The Morgan fingerprint density at radius 2 is 2.25 bits per heavy atom. The standard InChI is InChI=1S/C18H25N5O/c1-21-11-3-6-17(21)18(24)19-9-7-15-12-22(14-4-2-5-14)13-16-8-10-20-23(15)16/h3,6,8,10-11,14-15H,2,4-5,7,9,12-13H2,1H3,(H,19,24). The third-order valence-corrected chi connectivity index (χ3v) is 5.44. The van der Waals surface area contributed by atoms with Crippen LogP contribution in [-0.2, 0) is 13.6 Å². The Morgan fingerprint density at radius 1 is 1.38 bits per heavy atom. The summed E-state index contributed by atoms with van der Waals surface area (Å²) in [4.78, 5) is 14.8. The Kier molecular flexibility index (Phi) is 4.14. The van der Waals surface area contributed by atoms with Gasteiger partial charge in [-0.3, -0.25) is 14.4 Å². The molecule has 6 nitrogen and oxygen atoms in total. The maximum absolute atomic E-state index is 12.2. The molecule has 2 aromatic heterocycles. The number of nitrogens with zero attached hydrogens (tertiary/aromatic N) is 4. The lowest BCUT2D eigenvalue weighted by Crippen LogP contribution is -2.47. The molecule has 128 valence electrons.